The number of aliphatic hydroxyl groups is 1. The molecule has 13 nitrogen and oxygen atoms in total. The van der Waals surface area contributed by atoms with Crippen LogP contribution in [0.4, 0.5) is 4.79 Å². The second-order valence-electron chi connectivity index (χ2n) is 15.1. The standard InChI is InChI=1S/C46H56N2O11/c1-2-3-4-7-10-17-33(49)18-11-8-5-6-9-12-23-38(46(58,44(55)56)29-40(50)51)42(52)48-39(43(53)54)28-31-24-26-32(27-25-31)30-47-45(57)59-41-36-21-15-13-19-34(36)35-20-14-16-22-37(35)41/h12-16,19-27,38-39,41,58H,2-11,17-18,28-30H2,1H3,(H,47,57)(H,48,52)(H,50,51)(H,53,54)(H,55,56)/b23-12+/t38-,39-,46-/m0/s1. The molecule has 1 aliphatic carbocycles. The van der Waals surface area contributed by atoms with E-state index in [0.717, 1.165) is 73.3 Å². The van der Waals surface area contributed by atoms with Gasteiger partial charge in [-0.1, -0.05) is 130 Å². The number of hydrogen-bond donors (Lipinski definition) is 6. The molecule has 0 fully saturated rings. The summed E-state index contributed by atoms with van der Waals surface area (Å²) in [6.07, 6.45) is 9.75. The number of alkyl carbamates (subject to hydrolysis) is 1. The van der Waals surface area contributed by atoms with Gasteiger partial charge in [0, 0.05) is 36.9 Å². The number of nitrogens with one attached hydrogen (secondary N) is 2. The number of fused-ring (bicyclic) bond motifs is 3. The molecular weight excluding hydrogens is 757 g/mol. The van der Waals surface area contributed by atoms with Crippen molar-refractivity contribution in [1.29, 1.82) is 0 Å². The van der Waals surface area contributed by atoms with Gasteiger partial charge in [0.15, 0.2) is 11.7 Å². The molecule has 1 aliphatic rings. The molecule has 3 atom stereocenters. The van der Waals surface area contributed by atoms with Crippen LogP contribution in [0.2, 0.25) is 0 Å². The number of ketones is 1. The molecule has 2 amide bonds. The summed E-state index contributed by atoms with van der Waals surface area (Å²) in [4.78, 5) is 74.6. The zero-order chi connectivity index (χ0) is 42.8. The van der Waals surface area contributed by atoms with E-state index >= 15 is 0 Å². The summed E-state index contributed by atoms with van der Waals surface area (Å²) in [6.45, 7) is 2.25. The van der Waals surface area contributed by atoms with Gasteiger partial charge in [-0.05, 0) is 47.9 Å². The van der Waals surface area contributed by atoms with Gasteiger partial charge in [0.1, 0.15) is 11.8 Å². The van der Waals surface area contributed by atoms with E-state index in [1.807, 2.05) is 48.5 Å². The Hall–Kier alpha value is -5.82. The second-order valence-corrected chi connectivity index (χ2v) is 15.1. The first kappa shape index (κ1) is 45.9. The van der Waals surface area contributed by atoms with Gasteiger partial charge >= 0.3 is 24.0 Å². The van der Waals surface area contributed by atoms with E-state index < -0.39 is 60.0 Å². The SMILES string of the molecule is CCCCCCCC(=O)CCCCCC/C=C/[C@@H](C(=O)N[C@@H](Cc1ccc(CNC(=O)OC2c3ccccc3-c3ccccc32)cc1)C(=O)O)[C@@](O)(CC(=O)O)C(=O)O. The third-order valence-electron chi connectivity index (χ3n) is 10.6. The summed E-state index contributed by atoms with van der Waals surface area (Å²) < 4.78 is 5.82. The number of aliphatic carboxylic acids is 3. The largest absolute Gasteiger partial charge is 0.481 e. The number of carboxylic acid groups (broad SMARTS) is 3. The van der Waals surface area contributed by atoms with Crippen LogP contribution in [0.1, 0.15) is 119 Å². The minimum absolute atomic E-state index is 0.110. The van der Waals surface area contributed by atoms with Crippen LogP contribution >= 0.6 is 0 Å². The molecule has 0 bridgehead atoms. The first-order chi connectivity index (χ1) is 28.3. The van der Waals surface area contributed by atoms with Gasteiger partial charge in [-0.2, -0.15) is 0 Å². The predicted molar refractivity (Wildman–Crippen MR) is 220 cm³/mol. The normalized spacial score (nSPS) is 14.1. The highest BCUT2D eigenvalue weighted by Gasteiger charge is 2.49. The Morgan fingerprint density at radius 2 is 1.31 bits per heavy atom. The van der Waals surface area contributed by atoms with Crippen molar-refractivity contribution in [2.75, 3.05) is 0 Å². The average molecular weight is 813 g/mol. The number of hydrogen-bond acceptors (Lipinski definition) is 8. The Morgan fingerprint density at radius 3 is 1.86 bits per heavy atom. The molecule has 0 heterocycles. The Balaban J connectivity index is 1.30. The first-order valence-corrected chi connectivity index (χ1v) is 20.4. The quantitative estimate of drug-likeness (QED) is 0.0344. The van der Waals surface area contributed by atoms with Crippen molar-refractivity contribution in [3.63, 3.8) is 0 Å². The molecule has 4 rings (SSSR count). The number of amides is 2. The molecule has 0 saturated heterocycles. The fraction of sp³-hybridized carbons (Fsp3) is 0.435. The monoisotopic (exact) mass is 812 g/mol. The average Bonchev–Trinajstić information content (AvgIpc) is 3.52. The lowest BCUT2D eigenvalue weighted by Crippen LogP contribution is -2.55. The predicted octanol–water partition coefficient (Wildman–Crippen LogP) is 7.53. The molecule has 0 spiro atoms. The Labute approximate surface area is 344 Å². The summed E-state index contributed by atoms with van der Waals surface area (Å²) in [6, 6.07) is 20.5. The Morgan fingerprint density at radius 1 is 0.746 bits per heavy atom. The van der Waals surface area contributed by atoms with Gasteiger partial charge < -0.3 is 35.8 Å². The summed E-state index contributed by atoms with van der Waals surface area (Å²) in [5, 5.41) is 45.3. The van der Waals surface area contributed by atoms with E-state index in [4.69, 9.17) is 4.74 Å². The maximum Gasteiger partial charge on any atom is 0.408 e. The number of unbranched alkanes of at least 4 members (excludes halogenated alkanes) is 8. The lowest BCUT2D eigenvalue weighted by atomic mass is 9.82. The van der Waals surface area contributed by atoms with Gasteiger partial charge in [-0.3, -0.25) is 14.4 Å². The summed E-state index contributed by atoms with van der Waals surface area (Å²) in [5.74, 6) is -7.88. The second kappa shape index (κ2) is 22.9. The van der Waals surface area contributed by atoms with Gasteiger partial charge in [0.05, 0.1) is 12.3 Å². The van der Waals surface area contributed by atoms with Gasteiger partial charge in [0.2, 0.25) is 5.91 Å². The van der Waals surface area contributed by atoms with Crippen LogP contribution in [-0.4, -0.2) is 67.8 Å². The number of carbonyl (C=O) groups excluding carboxylic acids is 3. The minimum Gasteiger partial charge on any atom is -0.481 e. The molecule has 59 heavy (non-hydrogen) atoms. The summed E-state index contributed by atoms with van der Waals surface area (Å²) in [5.41, 5.74) is 1.89. The fourth-order valence-corrected chi connectivity index (χ4v) is 7.28. The van der Waals surface area contributed by atoms with E-state index in [-0.39, 0.29) is 18.7 Å². The van der Waals surface area contributed by atoms with E-state index in [9.17, 15) is 49.2 Å². The zero-order valence-corrected chi connectivity index (χ0v) is 33.6. The van der Waals surface area contributed by atoms with Gasteiger partial charge in [0.25, 0.3) is 0 Å². The molecule has 0 radical (unpaired) electrons. The van der Waals surface area contributed by atoms with Crippen LogP contribution in [-0.2, 0) is 41.7 Å². The highest BCUT2D eigenvalue weighted by atomic mass is 16.6. The molecule has 13 heteroatoms. The van der Waals surface area contributed by atoms with Crippen molar-refractivity contribution in [2.24, 2.45) is 5.92 Å². The van der Waals surface area contributed by atoms with Crippen molar-refractivity contribution < 1.29 is 53.9 Å². The van der Waals surface area contributed by atoms with Gasteiger partial charge in [-0.25, -0.2) is 14.4 Å². The summed E-state index contributed by atoms with van der Waals surface area (Å²) >= 11 is 0. The molecule has 6 N–H and O–H groups in total. The van der Waals surface area contributed by atoms with Crippen LogP contribution < -0.4 is 10.6 Å². The molecular formula is C46H56N2O11. The molecule has 0 aromatic heterocycles. The summed E-state index contributed by atoms with van der Waals surface area (Å²) in [7, 11) is 0. The van der Waals surface area contributed by atoms with Gasteiger partial charge in [-0.15, -0.1) is 0 Å². The number of carbonyl (C=O) groups is 6. The first-order valence-electron chi connectivity index (χ1n) is 20.4. The molecule has 0 saturated carbocycles. The fourth-order valence-electron chi connectivity index (χ4n) is 7.28. The third kappa shape index (κ3) is 13.6. The maximum absolute atomic E-state index is 13.5. The topological polar surface area (TPSA) is 217 Å². The van der Waals surface area contributed by atoms with Crippen LogP contribution in [0.15, 0.2) is 84.9 Å². The molecule has 0 aliphatic heterocycles. The molecule has 0 unspecified atom stereocenters. The number of benzene rings is 3. The van der Waals surface area contributed by atoms with E-state index in [1.165, 1.54) is 12.5 Å². The van der Waals surface area contributed by atoms with E-state index in [1.54, 1.807) is 24.3 Å². The number of Topliss-reactive ketones (excluding diaryl/α,β-unsaturated/α-hetero) is 1. The van der Waals surface area contributed by atoms with Crippen molar-refractivity contribution in [2.45, 2.75) is 121 Å². The zero-order valence-electron chi connectivity index (χ0n) is 33.6. The van der Waals surface area contributed by atoms with Crippen molar-refractivity contribution in [3.05, 3.63) is 107 Å². The number of ether oxygens (including phenoxy) is 1. The van der Waals surface area contributed by atoms with Crippen LogP contribution in [0.3, 0.4) is 0 Å². The number of rotatable bonds is 26. The van der Waals surface area contributed by atoms with Crippen LogP contribution in [0.25, 0.3) is 11.1 Å². The van der Waals surface area contributed by atoms with Crippen LogP contribution in [0.5, 0.6) is 0 Å². The molecule has 3 aromatic carbocycles. The number of carboxylic acids is 3. The van der Waals surface area contributed by atoms with E-state index in [2.05, 4.69) is 17.6 Å². The molecule has 3 aromatic rings. The Bertz CT molecular complexity index is 1900. The van der Waals surface area contributed by atoms with Crippen molar-refractivity contribution >= 4 is 35.7 Å². The maximum atomic E-state index is 13.5. The highest BCUT2D eigenvalue weighted by molar-refractivity contribution is 5.94. The molecule has 316 valence electrons. The number of allylic oxidation sites excluding steroid dienone is 1. The highest BCUT2D eigenvalue weighted by Crippen LogP contribution is 2.45. The Kier molecular flexibility index (Phi) is 17.8. The van der Waals surface area contributed by atoms with Crippen LogP contribution in [0, 0.1) is 5.92 Å². The third-order valence-corrected chi connectivity index (χ3v) is 10.6. The van der Waals surface area contributed by atoms with E-state index in [0.29, 0.717) is 36.8 Å². The smallest absolute Gasteiger partial charge is 0.408 e. The lowest BCUT2D eigenvalue weighted by molar-refractivity contribution is -0.172. The minimum atomic E-state index is -3.06. The van der Waals surface area contributed by atoms with Crippen molar-refractivity contribution in [3.8, 4) is 11.1 Å². The van der Waals surface area contributed by atoms with Crippen molar-refractivity contribution in [1.82, 2.24) is 10.6 Å². The lowest BCUT2D eigenvalue weighted by Gasteiger charge is -2.29.